The number of carbonyl (C=O) groups excluding carboxylic acids is 3. The number of nitrogens with one attached hydrogen (secondary N) is 2. The number of hydrogen-bond donors (Lipinski definition) is 2. The number of carbonyl (C=O) groups is 3. The molecule has 2 N–H and O–H groups in total. The van der Waals surface area contributed by atoms with Crippen LogP contribution in [0.15, 0.2) is 24.3 Å². The average molecular weight is 470 g/mol. The van der Waals surface area contributed by atoms with Gasteiger partial charge in [-0.05, 0) is 19.8 Å². The number of fused-ring (bicyclic) bond motifs is 1. The lowest BCUT2D eigenvalue weighted by Crippen LogP contribution is -2.63. The number of rotatable bonds is 6. The Morgan fingerprint density at radius 2 is 1.71 bits per heavy atom. The van der Waals surface area contributed by atoms with Crippen LogP contribution in [0.25, 0.3) is 0 Å². The predicted molar refractivity (Wildman–Crippen MR) is 125 cm³/mol. The van der Waals surface area contributed by atoms with Gasteiger partial charge in [-0.1, -0.05) is 19.3 Å². The van der Waals surface area contributed by atoms with Gasteiger partial charge in [-0.15, -0.1) is 0 Å². The van der Waals surface area contributed by atoms with E-state index in [0.717, 1.165) is 25.7 Å². The maximum absolute atomic E-state index is 13.2. The van der Waals surface area contributed by atoms with Crippen LogP contribution < -0.4 is 20.1 Å². The molecule has 0 radical (unpaired) electrons. The standard InChI is InChI=1S/C24H31N5O5/c1-24(23(32)26-15-8-6-5-7-9-15)14-29-20(22(31)28(24)2)13-19(27-29)21(30)25-16-10-17(33-3)12-18(11-16)34-4/h10-13,15H,5-9,14H2,1-4H3,(H,25,30)(H,26,32)/t24-/m1/s1. The zero-order valence-corrected chi connectivity index (χ0v) is 20.0. The summed E-state index contributed by atoms with van der Waals surface area (Å²) in [6.07, 6.45) is 5.28. The Labute approximate surface area is 198 Å². The van der Waals surface area contributed by atoms with Crippen LogP contribution in [-0.4, -0.2) is 65.2 Å². The van der Waals surface area contributed by atoms with Crippen molar-refractivity contribution in [1.82, 2.24) is 20.0 Å². The van der Waals surface area contributed by atoms with Gasteiger partial charge in [0.15, 0.2) is 5.69 Å². The van der Waals surface area contributed by atoms with Crippen LogP contribution in [-0.2, 0) is 11.3 Å². The van der Waals surface area contributed by atoms with Gasteiger partial charge in [0, 0.05) is 43.0 Å². The molecule has 2 heterocycles. The van der Waals surface area contributed by atoms with Crippen LogP contribution >= 0.6 is 0 Å². The minimum Gasteiger partial charge on any atom is -0.497 e. The Morgan fingerprint density at radius 3 is 2.32 bits per heavy atom. The van der Waals surface area contributed by atoms with Crippen LogP contribution in [0.2, 0.25) is 0 Å². The molecule has 0 spiro atoms. The fraction of sp³-hybridized carbons (Fsp3) is 0.500. The van der Waals surface area contributed by atoms with Gasteiger partial charge in [0.25, 0.3) is 11.8 Å². The maximum atomic E-state index is 13.2. The average Bonchev–Trinajstić information content (AvgIpc) is 3.27. The number of aromatic nitrogens is 2. The van der Waals surface area contributed by atoms with Crippen LogP contribution in [0.5, 0.6) is 11.5 Å². The van der Waals surface area contributed by atoms with E-state index in [4.69, 9.17) is 9.47 Å². The molecule has 2 aromatic rings. The molecule has 0 bridgehead atoms. The molecule has 0 saturated heterocycles. The zero-order valence-electron chi connectivity index (χ0n) is 20.0. The minimum atomic E-state index is -1.11. The first kappa shape index (κ1) is 23.6. The lowest BCUT2D eigenvalue weighted by molar-refractivity contribution is -0.133. The molecular formula is C24H31N5O5. The summed E-state index contributed by atoms with van der Waals surface area (Å²) in [6.45, 7) is 1.89. The van der Waals surface area contributed by atoms with Gasteiger partial charge in [-0.2, -0.15) is 5.10 Å². The summed E-state index contributed by atoms with van der Waals surface area (Å²) in [5.74, 6) is -0.000274. The van der Waals surface area contributed by atoms with Gasteiger partial charge < -0.3 is 25.0 Å². The largest absolute Gasteiger partial charge is 0.497 e. The SMILES string of the molecule is COc1cc(NC(=O)c2cc3n(n2)C[C@](C)(C(=O)NC2CCCCC2)N(C)C3=O)cc(OC)c1. The fourth-order valence-corrected chi connectivity index (χ4v) is 4.50. The van der Waals surface area contributed by atoms with E-state index in [1.54, 1.807) is 32.2 Å². The minimum absolute atomic E-state index is 0.0791. The third-order valence-corrected chi connectivity index (χ3v) is 6.77. The van der Waals surface area contributed by atoms with Gasteiger partial charge in [-0.3, -0.25) is 19.1 Å². The number of amides is 3. The molecule has 1 saturated carbocycles. The van der Waals surface area contributed by atoms with Crippen molar-refractivity contribution in [3.8, 4) is 11.5 Å². The highest BCUT2D eigenvalue weighted by Crippen LogP contribution is 2.29. The van der Waals surface area contributed by atoms with Crippen molar-refractivity contribution in [2.45, 2.75) is 57.2 Å². The van der Waals surface area contributed by atoms with Crippen LogP contribution in [0, 0.1) is 0 Å². The van der Waals surface area contributed by atoms with E-state index in [0.29, 0.717) is 17.2 Å². The van der Waals surface area contributed by atoms with Crippen LogP contribution in [0.3, 0.4) is 0 Å². The second-order valence-corrected chi connectivity index (χ2v) is 9.07. The first-order valence-electron chi connectivity index (χ1n) is 11.5. The molecule has 1 atom stereocenters. The summed E-state index contributed by atoms with van der Waals surface area (Å²) < 4.78 is 11.9. The molecule has 1 aliphatic heterocycles. The summed E-state index contributed by atoms with van der Waals surface area (Å²) in [5.41, 5.74) is -0.303. The Bertz CT molecular complexity index is 1080. The molecule has 34 heavy (non-hydrogen) atoms. The van der Waals surface area contributed by atoms with Crippen molar-refractivity contribution < 1.29 is 23.9 Å². The van der Waals surface area contributed by atoms with E-state index in [1.807, 2.05) is 0 Å². The van der Waals surface area contributed by atoms with Gasteiger partial charge >= 0.3 is 0 Å². The Kier molecular flexibility index (Phi) is 6.49. The zero-order chi connectivity index (χ0) is 24.5. The van der Waals surface area contributed by atoms with Gasteiger partial charge in [-0.25, -0.2) is 0 Å². The Hall–Kier alpha value is -3.56. The van der Waals surface area contributed by atoms with Crippen molar-refractivity contribution in [3.05, 3.63) is 35.7 Å². The number of likely N-dealkylation sites (N-methyl/N-ethyl adjacent to an activating group) is 1. The molecule has 4 rings (SSSR count). The second kappa shape index (κ2) is 9.36. The molecule has 1 aromatic heterocycles. The summed E-state index contributed by atoms with van der Waals surface area (Å²) in [7, 11) is 4.66. The summed E-state index contributed by atoms with van der Waals surface area (Å²) >= 11 is 0. The second-order valence-electron chi connectivity index (χ2n) is 9.07. The lowest BCUT2D eigenvalue weighted by Gasteiger charge is -2.41. The summed E-state index contributed by atoms with van der Waals surface area (Å²) in [5, 5.41) is 10.2. The number of anilines is 1. The molecule has 1 aliphatic carbocycles. The Balaban J connectivity index is 1.54. The van der Waals surface area contributed by atoms with E-state index >= 15 is 0 Å². The summed E-state index contributed by atoms with van der Waals surface area (Å²) in [6, 6.07) is 6.58. The topological polar surface area (TPSA) is 115 Å². The molecule has 0 unspecified atom stereocenters. The predicted octanol–water partition coefficient (Wildman–Crippen LogP) is 2.45. The third kappa shape index (κ3) is 4.44. The normalized spacial score (nSPS) is 20.5. The molecule has 3 amide bonds. The van der Waals surface area contributed by atoms with E-state index < -0.39 is 11.4 Å². The Morgan fingerprint density at radius 1 is 1.06 bits per heavy atom. The fourth-order valence-electron chi connectivity index (χ4n) is 4.50. The third-order valence-electron chi connectivity index (χ3n) is 6.77. The monoisotopic (exact) mass is 469 g/mol. The highest BCUT2D eigenvalue weighted by Gasteiger charge is 2.46. The van der Waals surface area contributed by atoms with E-state index in [9.17, 15) is 14.4 Å². The van der Waals surface area contributed by atoms with Crippen molar-refractivity contribution in [2.75, 3.05) is 26.6 Å². The number of hydrogen-bond acceptors (Lipinski definition) is 6. The van der Waals surface area contributed by atoms with Gasteiger partial charge in [0.05, 0.1) is 20.8 Å². The highest BCUT2D eigenvalue weighted by atomic mass is 16.5. The number of nitrogens with zero attached hydrogens (tertiary/aromatic N) is 3. The first-order chi connectivity index (χ1) is 16.2. The van der Waals surface area contributed by atoms with E-state index in [2.05, 4.69) is 15.7 Å². The van der Waals surface area contributed by atoms with Crippen molar-refractivity contribution in [2.24, 2.45) is 0 Å². The van der Waals surface area contributed by atoms with E-state index in [1.165, 1.54) is 36.3 Å². The number of benzene rings is 1. The van der Waals surface area contributed by atoms with E-state index in [-0.39, 0.29) is 35.8 Å². The van der Waals surface area contributed by atoms with Crippen molar-refractivity contribution in [3.63, 3.8) is 0 Å². The number of ether oxygens (including phenoxy) is 2. The van der Waals surface area contributed by atoms with Gasteiger partial charge in [0.1, 0.15) is 22.7 Å². The molecular weight excluding hydrogens is 438 g/mol. The first-order valence-corrected chi connectivity index (χ1v) is 11.5. The molecule has 10 nitrogen and oxygen atoms in total. The van der Waals surface area contributed by atoms with Crippen LogP contribution in [0.1, 0.15) is 60.0 Å². The molecule has 182 valence electrons. The quantitative estimate of drug-likeness (QED) is 0.672. The van der Waals surface area contributed by atoms with Crippen molar-refractivity contribution in [1.29, 1.82) is 0 Å². The number of methoxy groups -OCH3 is 2. The van der Waals surface area contributed by atoms with Crippen molar-refractivity contribution >= 4 is 23.4 Å². The van der Waals surface area contributed by atoms with Gasteiger partial charge in [0.2, 0.25) is 5.91 Å². The summed E-state index contributed by atoms with van der Waals surface area (Å²) in [4.78, 5) is 40.7. The molecule has 10 heteroatoms. The maximum Gasteiger partial charge on any atom is 0.276 e. The molecule has 1 fully saturated rings. The molecule has 1 aromatic carbocycles. The van der Waals surface area contributed by atoms with Crippen LogP contribution in [0.4, 0.5) is 5.69 Å². The smallest absolute Gasteiger partial charge is 0.276 e. The highest BCUT2D eigenvalue weighted by molar-refractivity contribution is 6.06. The molecule has 2 aliphatic rings. The lowest BCUT2D eigenvalue weighted by atomic mass is 9.92.